The number of hydrogen-bond acceptors (Lipinski definition) is 4. The first-order valence-corrected chi connectivity index (χ1v) is 7.95. The summed E-state index contributed by atoms with van der Waals surface area (Å²) in [6.45, 7) is 0. The second-order valence-corrected chi connectivity index (χ2v) is 6.20. The van der Waals surface area contributed by atoms with Crippen LogP contribution in [0.15, 0.2) is 57.6 Å². The number of nitrogen functional groups attached to an aromatic ring is 1. The van der Waals surface area contributed by atoms with Crippen LogP contribution in [0.3, 0.4) is 0 Å². The number of nitrogens with zero attached hydrogens (tertiary/aromatic N) is 3. The van der Waals surface area contributed by atoms with E-state index in [2.05, 4.69) is 26.0 Å². The molecule has 0 fully saturated rings. The normalized spacial score (nSPS) is 11.2. The molecule has 1 aromatic carbocycles. The lowest BCUT2D eigenvalue weighted by atomic mass is 10.1. The molecule has 0 aliphatic carbocycles. The lowest BCUT2D eigenvalue weighted by Gasteiger charge is -2.04. The van der Waals surface area contributed by atoms with Crippen LogP contribution in [-0.4, -0.2) is 14.6 Å². The predicted molar refractivity (Wildman–Crippen MR) is 93.2 cm³/mol. The molecule has 3 heterocycles. The van der Waals surface area contributed by atoms with Crippen LogP contribution in [0.2, 0.25) is 5.02 Å². The van der Waals surface area contributed by atoms with Gasteiger partial charge in [0.05, 0.1) is 0 Å². The molecule has 0 atom stereocenters. The Morgan fingerprint density at radius 2 is 1.83 bits per heavy atom. The lowest BCUT2D eigenvalue weighted by molar-refractivity contribution is 0.551. The number of furan rings is 1. The zero-order chi connectivity index (χ0) is 16.0. The third-order valence-electron chi connectivity index (χ3n) is 3.44. The molecule has 0 amide bonds. The summed E-state index contributed by atoms with van der Waals surface area (Å²) in [7, 11) is 0. The SMILES string of the molecule is Nc1cc(-c2ccc(Cl)cc2)cc2nc(-c3ccc(Br)o3)nn12. The minimum atomic E-state index is 0.482. The van der Waals surface area contributed by atoms with Gasteiger partial charge in [-0.05, 0) is 63.5 Å². The van der Waals surface area contributed by atoms with Crippen LogP contribution >= 0.6 is 27.5 Å². The Morgan fingerprint density at radius 3 is 2.52 bits per heavy atom. The van der Waals surface area contributed by atoms with Crippen LogP contribution in [0, 0.1) is 0 Å². The largest absolute Gasteiger partial charge is 0.446 e. The number of benzene rings is 1. The van der Waals surface area contributed by atoms with Crippen molar-refractivity contribution in [3.63, 3.8) is 0 Å². The van der Waals surface area contributed by atoms with Gasteiger partial charge in [-0.1, -0.05) is 23.7 Å². The summed E-state index contributed by atoms with van der Waals surface area (Å²) in [5.41, 5.74) is 8.72. The second kappa shape index (κ2) is 5.40. The van der Waals surface area contributed by atoms with Crippen LogP contribution in [-0.2, 0) is 0 Å². The van der Waals surface area contributed by atoms with E-state index in [1.807, 2.05) is 36.4 Å². The van der Waals surface area contributed by atoms with Crippen LogP contribution in [0.4, 0.5) is 5.82 Å². The first-order valence-electron chi connectivity index (χ1n) is 6.78. The summed E-state index contributed by atoms with van der Waals surface area (Å²) < 4.78 is 7.70. The summed E-state index contributed by atoms with van der Waals surface area (Å²) in [6, 6.07) is 14.9. The molecule has 7 heteroatoms. The van der Waals surface area contributed by atoms with Crippen molar-refractivity contribution in [3.05, 3.63) is 58.2 Å². The van der Waals surface area contributed by atoms with Gasteiger partial charge in [0.1, 0.15) is 5.82 Å². The molecule has 0 spiro atoms. The summed E-state index contributed by atoms with van der Waals surface area (Å²) in [4.78, 5) is 4.49. The third kappa shape index (κ3) is 2.60. The fourth-order valence-corrected chi connectivity index (χ4v) is 2.79. The van der Waals surface area contributed by atoms with Crippen molar-refractivity contribution in [1.29, 1.82) is 0 Å². The molecule has 5 nitrogen and oxygen atoms in total. The Hall–Kier alpha value is -2.31. The highest BCUT2D eigenvalue weighted by atomic mass is 79.9. The molecule has 0 saturated carbocycles. The number of pyridine rings is 1. The van der Waals surface area contributed by atoms with E-state index in [0.717, 1.165) is 11.1 Å². The molecule has 0 saturated heterocycles. The lowest BCUT2D eigenvalue weighted by Crippen LogP contribution is -1.98. The molecular weight excluding hydrogens is 380 g/mol. The Morgan fingerprint density at radius 1 is 1.04 bits per heavy atom. The molecule has 0 unspecified atom stereocenters. The van der Waals surface area contributed by atoms with E-state index in [4.69, 9.17) is 21.8 Å². The van der Waals surface area contributed by atoms with E-state index in [-0.39, 0.29) is 0 Å². The third-order valence-corrected chi connectivity index (χ3v) is 4.11. The van der Waals surface area contributed by atoms with Gasteiger partial charge in [-0.3, -0.25) is 0 Å². The van der Waals surface area contributed by atoms with Gasteiger partial charge >= 0.3 is 0 Å². The molecule has 0 bridgehead atoms. The molecule has 0 aliphatic heterocycles. The predicted octanol–water partition coefficient (Wildman–Crippen LogP) is 4.65. The maximum absolute atomic E-state index is 6.12. The van der Waals surface area contributed by atoms with Crippen molar-refractivity contribution in [2.75, 3.05) is 5.73 Å². The van der Waals surface area contributed by atoms with Crippen molar-refractivity contribution in [2.24, 2.45) is 0 Å². The molecule has 114 valence electrons. The van der Waals surface area contributed by atoms with Crippen molar-refractivity contribution in [1.82, 2.24) is 14.6 Å². The minimum Gasteiger partial charge on any atom is -0.446 e. The summed E-state index contributed by atoms with van der Waals surface area (Å²) in [5.74, 6) is 1.56. The zero-order valence-corrected chi connectivity index (χ0v) is 14.0. The van der Waals surface area contributed by atoms with Gasteiger partial charge in [0.25, 0.3) is 0 Å². The number of aromatic nitrogens is 3. The van der Waals surface area contributed by atoms with E-state index in [1.54, 1.807) is 16.6 Å². The number of rotatable bonds is 2. The van der Waals surface area contributed by atoms with E-state index >= 15 is 0 Å². The molecular formula is C16H10BrClN4O. The van der Waals surface area contributed by atoms with Crippen molar-refractivity contribution >= 4 is 39.0 Å². The second-order valence-electron chi connectivity index (χ2n) is 4.98. The molecule has 0 aliphatic rings. The Bertz CT molecular complexity index is 1010. The smallest absolute Gasteiger partial charge is 0.218 e. The highest BCUT2D eigenvalue weighted by molar-refractivity contribution is 9.10. The Kier molecular flexibility index (Phi) is 3.36. The van der Waals surface area contributed by atoms with E-state index in [0.29, 0.717) is 32.7 Å². The highest BCUT2D eigenvalue weighted by Gasteiger charge is 2.13. The maximum Gasteiger partial charge on any atom is 0.218 e. The van der Waals surface area contributed by atoms with Crippen LogP contribution in [0.25, 0.3) is 28.4 Å². The average molecular weight is 390 g/mol. The van der Waals surface area contributed by atoms with Gasteiger partial charge in [-0.25, -0.2) is 4.98 Å². The molecule has 0 radical (unpaired) electrons. The Labute approximate surface area is 144 Å². The van der Waals surface area contributed by atoms with Gasteiger partial charge in [-0.2, -0.15) is 4.52 Å². The number of nitrogens with two attached hydrogens (primary N) is 1. The number of anilines is 1. The maximum atomic E-state index is 6.12. The highest BCUT2D eigenvalue weighted by Crippen LogP contribution is 2.27. The first kappa shape index (κ1) is 14.3. The topological polar surface area (TPSA) is 69.3 Å². The van der Waals surface area contributed by atoms with E-state index < -0.39 is 0 Å². The van der Waals surface area contributed by atoms with Gasteiger partial charge in [0.2, 0.25) is 5.82 Å². The van der Waals surface area contributed by atoms with Gasteiger partial charge in [0.15, 0.2) is 16.1 Å². The van der Waals surface area contributed by atoms with E-state index in [1.165, 1.54) is 0 Å². The summed E-state index contributed by atoms with van der Waals surface area (Å²) in [6.07, 6.45) is 0. The summed E-state index contributed by atoms with van der Waals surface area (Å²) >= 11 is 9.20. The zero-order valence-electron chi connectivity index (χ0n) is 11.7. The first-order chi connectivity index (χ1) is 11.1. The minimum absolute atomic E-state index is 0.482. The summed E-state index contributed by atoms with van der Waals surface area (Å²) in [5, 5.41) is 5.08. The van der Waals surface area contributed by atoms with Gasteiger partial charge < -0.3 is 10.2 Å². The van der Waals surface area contributed by atoms with E-state index in [9.17, 15) is 0 Å². The van der Waals surface area contributed by atoms with Crippen molar-refractivity contribution < 1.29 is 4.42 Å². The van der Waals surface area contributed by atoms with Crippen LogP contribution in [0.5, 0.6) is 0 Å². The fourth-order valence-electron chi connectivity index (χ4n) is 2.36. The quantitative estimate of drug-likeness (QED) is 0.541. The molecule has 3 aromatic heterocycles. The van der Waals surface area contributed by atoms with Gasteiger partial charge in [-0.15, -0.1) is 5.10 Å². The number of halogens is 2. The van der Waals surface area contributed by atoms with Crippen molar-refractivity contribution in [3.8, 4) is 22.7 Å². The number of fused-ring (bicyclic) bond motifs is 1. The molecule has 4 rings (SSSR count). The average Bonchev–Trinajstić information content (AvgIpc) is 3.14. The Balaban J connectivity index is 1.85. The monoisotopic (exact) mass is 388 g/mol. The molecule has 2 N–H and O–H groups in total. The standard InChI is InChI=1S/C16H10BrClN4O/c17-13-6-5-12(23-13)16-20-15-8-10(7-14(19)22(15)21-16)9-1-3-11(18)4-2-9/h1-8H,19H2. The van der Waals surface area contributed by atoms with Gasteiger partial charge in [0, 0.05) is 5.02 Å². The molecule has 4 aromatic rings. The molecule has 23 heavy (non-hydrogen) atoms. The van der Waals surface area contributed by atoms with Crippen LogP contribution < -0.4 is 5.73 Å². The van der Waals surface area contributed by atoms with Crippen LogP contribution in [0.1, 0.15) is 0 Å². The fraction of sp³-hybridized carbons (Fsp3) is 0. The van der Waals surface area contributed by atoms with Crippen molar-refractivity contribution in [2.45, 2.75) is 0 Å². The number of hydrogen-bond donors (Lipinski definition) is 1.